The molecule has 0 amide bonds. The van der Waals surface area contributed by atoms with E-state index in [0.717, 1.165) is 12.1 Å². The van der Waals surface area contributed by atoms with Crippen LogP contribution in [-0.2, 0) is 19.5 Å². The third-order valence-corrected chi connectivity index (χ3v) is 3.70. The lowest BCUT2D eigenvalue weighted by molar-refractivity contribution is -0.432. The normalized spacial score (nSPS) is 11.9. The van der Waals surface area contributed by atoms with Crippen LogP contribution in [0.25, 0.3) is 10.8 Å². The molecule has 0 saturated heterocycles. The van der Waals surface area contributed by atoms with Crippen LogP contribution < -0.4 is 5.11 Å². The fourth-order valence-electron chi connectivity index (χ4n) is 1.54. The molecule has 2 aromatic carbocycles. The largest absolute Gasteiger partial charge is 0.872 e. The van der Waals surface area contributed by atoms with Crippen molar-refractivity contribution in [1.82, 2.24) is 0 Å². The second-order valence-electron chi connectivity index (χ2n) is 3.48. The molecule has 19 heavy (non-hydrogen) atoms. The molecule has 1 N–H and O–H groups in total. The molecule has 102 valence electrons. The van der Waals surface area contributed by atoms with Gasteiger partial charge in [0.1, 0.15) is 10.1 Å². The molecule has 2 rings (SSSR count). The standard InChI is InChI=1S/C10H8O7S2/c11-10-5-8(19(13,14)15)4-6-3-7(18-17-16-12)1-2-9(6)10/h1-5,11-12H,(H,13,14,15)/p-2. The molecule has 0 spiro atoms. The Bertz CT molecular complexity index is 711. The van der Waals surface area contributed by atoms with E-state index >= 15 is 0 Å². The Kier molecular flexibility index (Phi) is 3.94. The van der Waals surface area contributed by atoms with E-state index in [2.05, 4.69) is 9.37 Å². The van der Waals surface area contributed by atoms with Gasteiger partial charge in [-0.2, -0.15) is 0 Å². The second-order valence-corrected chi connectivity index (χ2v) is 5.64. The van der Waals surface area contributed by atoms with Crippen molar-refractivity contribution >= 4 is 32.9 Å². The summed E-state index contributed by atoms with van der Waals surface area (Å²) in [5.41, 5.74) is 0. The molecular weight excluding hydrogens is 296 g/mol. The maximum Gasteiger partial charge on any atom is 0.124 e. The van der Waals surface area contributed by atoms with Gasteiger partial charge in [-0.3, -0.25) is 0 Å². The van der Waals surface area contributed by atoms with Gasteiger partial charge in [0.05, 0.1) is 16.9 Å². The Hall–Kier alpha value is -1.36. The molecule has 2 aromatic rings. The lowest BCUT2D eigenvalue weighted by Crippen LogP contribution is -2.01. The second kappa shape index (κ2) is 5.33. The SMILES string of the molecule is O=S(=O)([O-])c1cc([O-])c2ccc(SOOO)cc2c1. The summed E-state index contributed by atoms with van der Waals surface area (Å²) in [6.45, 7) is 0. The number of fused-ring (bicyclic) bond motifs is 1. The third kappa shape index (κ3) is 3.15. The number of hydrogen-bond acceptors (Lipinski definition) is 8. The number of hydrogen-bond donors (Lipinski definition) is 1. The molecule has 0 aliphatic rings. The van der Waals surface area contributed by atoms with Gasteiger partial charge in [-0.05, 0) is 29.0 Å². The highest BCUT2D eigenvalue weighted by atomic mass is 32.2. The molecule has 9 heteroatoms. The summed E-state index contributed by atoms with van der Waals surface area (Å²) in [7, 11) is -4.70. The topological polar surface area (TPSA) is 119 Å². The first kappa shape index (κ1) is 14.1. The van der Waals surface area contributed by atoms with Crippen LogP contribution in [0.3, 0.4) is 0 Å². The van der Waals surface area contributed by atoms with Gasteiger partial charge in [0.2, 0.25) is 0 Å². The Balaban J connectivity index is 2.57. The zero-order valence-electron chi connectivity index (χ0n) is 9.10. The predicted octanol–water partition coefficient (Wildman–Crippen LogP) is 1.25. The first-order chi connectivity index (χ1) is 8.91. The van der Waals surface area contributed by atoms with Crippen LogP contribution in [0.4, 0.5) is 0 Å². The van der Waals surface area contributed by atoms with Crippen molar-refractivity contribution in [3.05, 3.63) is 30.3 Å². The first-order valence-electron chi connectivity index (χ1n) is 4.77. The minimum Gasteiger partial charge on any atom is -0.872 e. The number of benzene rings is 2. The lowest BCUT2D eigenvalue weighted by Gasteiger charge is -2.15. The smallest absolute Gasteiger partial charge is 0.124 e. The van der Waals surface area contributed by atoms with E-state index in [1.54, 1.807) is 0 Å². The van der Waals surface area contributed by atoms with Crippen molar-refractivity contribution < 1.29 is 32.7 Å². The maximum atomic E-state index is 11.7. The summed E-state index contributed by atoms with van der Waals surface area (Å²) in [5.74, 6) is -0.567. The fraction of sp³-hybridized carbons (Fsp3) is 0. The van der Waals surface area contributed by atoms with Crippen LogP contribution in [0.2, 0.25) is 0 Å². The van der Waals surface area contributed by atoms with Crippen molar-refractivity contribution in [3.63, 3.8) is 0 Å². The van der Waals surface area contributed by atoms with Crippen LogP contribution in [0.1, 0.15) is 0 Å². The Morgan fingerprint density at radius 1 is 1.21 bits per heavy atom. The Morgan fingerprint density at radius 2 is 1.95 bits per heavy atom. The van der Waals surface area contributed by atoms with Crippen molar-refractivity contribution in [2.45, 2.75) is 9.79 Å². The van der Waals surface area contributed by atoms with E-state index in [0.29, 0.717) is 16.9 Å². The van der Waals surface area contributed by atoms with Crippen molar-refractivity contribution in [2.75, 3.05) is 0 Å². The summed E-state index contributed by atoms with van der Waals surface area (Å²) in [5, 5.41) is 23.6. The monoisotopic (exact) mass is 302 g/mol. The van der Waals surface area contributed by atoms with E-state index in [9.17, 15) is 18.1 Å². The summed E-state index contributed by atoms with van der Waals surface area (Å²) < 4.78 is 36.9. The lowest BCUT2D eigenvalue weighted by atomic mass is 10.1. The van der Waals surface area contributed by atoms with Gasteiger partial charge in [0.25, 0.3) is 0 Å². The first-order valence-corrected chi connectivity index (χ1v) is 6.92. The zero-order valence-corrected chi connectivity index (χ0v) is 10.7. The Labute approximate surface area is 112 Å². The van der Waals surface area contributed by atoms with Crippen LogP contribution >= 0.6 is 12.0 Å². The quantitative estimate of drug-likeness (QED) is 0.388. The molecule has 0 atom stereocenters. The maximum absolute atomic E-state index is 11.7. The summed E-state index contributed by atoms with van der Waals surface area (Å²) in [6.07, 6.45) is 0. The van der Waals surface area contributed by atoms with Gasteiger partial charge in [-0.25, -0.2) is 13.7 Å². The van der Waals surface area contributed by atoms with Crippen LogP contribution in [0, 0.1) is 0 Å². The van der Waals surface area contributed by atoms with Gasteiger partial charge >= 0.3 is 0 Å². The third-order valence-electron chi connectivity index (χ3n) is 2.31. The van der Waals surface area contributed by atoms with Crippen LogP contribution in [0.15, 0.2) is 40.1 Å². The molecule has 0 heterocycles. The van der Waals surface area contributed by atoms with Gasteiger partial charge in [-0.15, -0.1) is 4.33 Å². The highest BCUT2D eigenvalue weighted by molar-refractivity contribution is 7.94. The van der Waals surface area contributed by atoms with E-state index in [1.165, 1.54) is 18.2 Å². The van der Waals surface area contributed by atoms with Crippen molar-refractivity contribution in [1.29, 1.82) is 0 Å². The van der Waals surface area contributed by atoms with Crippen LogP contribution in [-0.4, -0.2) is 18.2 Å². The van der Waals surface area contributed by atoms with E-state index in [4.69, 9.17) is 5.26 Å². The number of rotatable bonds is 4. The zero-order chi connectivity index (χ0) is 14.0. The summed E-state index contributed by atoms with van der Waals surface area (Å²) >= 11 is 0.653. The molecule has 0 unspecified atom stereocenters. The highest BCUT2D eigenvalue weighted by Crippen LogP contribution is 2.30. The minimum atomic E-state index is -4.70. The molecule has 0 aromatic heterocycles. The van der Waals surface area contributed by atoms with E-state index in [1.807, 2.05) is 0 Å². The minimum absolute atomic E-state index is 0.265. The Morgan fingerprint density at radius 3 is 2.58 bits per heavy atom. The van der Waals surface area contributed by atoms with Gasteiger partial charge in [0, 0.05) is 4.90 Å². The molecule has 0 bridgehead atoms. The van der Waals surface area contributed by atoms with Gasteiger partial charge < -0.3 is 9.66 Å². The average molecular weight is 302 g/mol. The van der Waals surface area contributed by atoms with Crippen LogP contribution in [0.5, 0.6) is 5.75 Å². The van der Waals surface area contributed by atoms with Gasteiger partial charge in [0.15, 0.2) is 0 Å². The van der Waals surface area contributed by atoms with E-state index < -0.39 is 20.8 Å². The predicted molar refractivity (Wildman–Crippen MR) is 62.0 cm³/mol. The van der Waals surface area contributed by atoms with E-state index in [-0.39, 0.29) is 10.8 Å². The average Bonchev–Trinajstić information content (AvgIpc) is 2.34. The highest BCUT2D eigenvalue weighted by Gasteiger charge is 2.05. The van der Waals surface area contributed by atoms with Gasteiger partial charge in [-0.1, -0.05) is 22.9 Å². The molecule has 0 fully saturated rings. The molecule has 0 aliphatic heterocycles. The fourth-order valence-corrected chi connectivity index (χ4v) is 2.47. The molecular formula is C10H6O7S2-2. The molecule has 7 nitrogen and oxygen atoms in total. The van der Waals surface area contributed by atoms with Crippen molar-refractivity contribution in [2.24, 2.45) is 0 Å². The summed E-state index contributed by atoms with van der Waals surface area (Å²) in [4.78, 5) is -0.145. The molecule has 0 saturated carbocycles. The molecule has 0 radical (unpaired) electrons. The summed E-state index contributed by atoms with van der Waals surface area (Å²) in [6, 6.07) is 6.27. The van der Waals surface area contributed by atoms with Crippen molar-refractivity contribution in [3.8, 4) is 5.75 Å². The molecule has 0 aliphatic carbocycles.